The summed E-state index contributed by atoms with van der Waals surface area (Å²) in [6, 6.07) is 22.9. The fraction of sp³-hybridized carbons (Fsp3) is 0.200. The number of nitrogens with one attached hydrogen (secondary N) is 1. The van der Waals surface area contributed by atoms with Crippen LogP contribution in [-0.4, -0.2) is 47.5 Å². The minimum atomic E-state index is 0.393. The van der Waals surface area contributed by atoms with Crippen molar-refractivity contribution in [2.45, 2.75) is 25.3 Å². The number of piperidine rings is 1. The van der Waals surface area contributed by atoms with Gasteiger partial charge in [-0.1, -0.05) is 54.6 Å². The first kappa shape index (κ1) is 22.6. The molecule has 1 aliphatic rings. The Morgan fingerprint density at radius 1 is 0.895 bits per heavy atom. The Labute approximate surface area is 220 Å². The quantitative estimate of drug-likeness (QED) is 0.309. The maximum atomic E-state index is 5.42. The van der Waals surface area contributed by atoms with E-state index in [9.17, 15) is 0 Å². The zero-order valence-electron chi connectivity index (χ0n) is 20.9. The third-order valence-electron chi connectivity index (χ3n) is 7.32. The molecule has 188 valence electrons. The van der Waals surface area contributed by atoms with Crippen LogP contribution in [0.4, 0.5) is 0 Å². The molecule has 2 aromatic carbocycles. The molecule has 5 heterocycles. The van der Waals surface area contributed by atoms with Crippen molar-refractivity contribution in [3.63, 3.8) is 0 Å². The van der Waals surface area contributed by atoms with E-state index in [1.165, 1.54) is 5.56 Å². The molecule has 1 N–H and O–H groups in total. The summed E-state index contributed by atoms with van der Waals surface area (Å²) < 4.78 is 7.40. The molecule has 0 unspecified atom stereocenters. The molecule has 4 aromatic heterocycles. The van der Waals surface area contributed by atoms with Gasteiger partial charge in [0, 0.05) is 42.2 Å². The number of benzene rings is 2. The number of likely N-dealkylation sites (tertiary alicyclic amines) is 1. The van der Waals surface area contributed by atoms with Crippen molar-refractivity contribution in [2.24, 2.45) is 0 Å². The van der Waals surface area contributed by atoms with Crippen LogP contribution in [0, 0.1) is 0 Å². The number of aromatic nitrogens is 6. The molecule has 0 aliphatic carbocycles. The minimum Gasteiger partial charge on any atom is -0.461 e. The summed E-state index contributed by atoms with van der Waals surface area (Å²) in [5, 5.41) is 7.46. The fourth-order valence-corrected chi connectivity index (χ4v) is 5.27. The molecule has 0 amide bonds. The van der Waals surface area contributed by atoms with Gasteiger partial charge >= 0.3 is 0 Å². The van der Waals surface area contributed by atoms with Crippen LogP contribution in [0.15, 0.2) is 96.0 Å². The lowest BCUT2D eigenvalue weighted by atomic mass is 9.95. The molecule has 6 aromatic rings. The van der Waals surface area contributed by atoms with Crippen molar-refractivity contribution in [2.75, 3.05) is 13.1 Å². The molecule has 1 aliphatic heterocycles. The van der Waals surface area contributed by atoms with Crippen LogP contribution < -0.4 is 0 Å². The highest BCUT2D eigenvalue weighted by molar-refractivity contribution is 5.81. The van der Waals surface area contributed by atoms with E-state index in [0.717, 1.165) is 60.7 Å². The highest BCUT2D eigenvalue weighted by atomic mass is 16.3. The van der Waals surface area contributed by atoms with Crippen molar-refractivity contribution in [1.29, 1.82) is 0 Å². The van der Waals surface area contributed by atoms with Crippen LogP contribution >= 0.6 is 0 Å². The first-order valence-corrected chi connectivity index (χ1v) is 13.0. The lowest BCUT2D eigenvalue weighted by Crippen LogP contribution is -2.32. The Morgan fingerprint density at radius 2 is 1.74 bits per heavy atom. The van der Waals surface area contributed by atoms with Crippen molar-refractivity contribution < 1.29 is 4.42 Å². The van der Waals surface area contributed by atoms with Crippen molar-refractivity contribution >= 4 is 5.78 Å². The van der Waals surface area contributed by atoms with E-state index >= 15 is 0 Å². The average Bonchev–Trinajstić information content (AvgIpc) is 3.76. The predicted octanol–water partition coefficient (Wildman–Crippen LogP) is 5.82. The van der Waals surface area contributed by atoms with Crippen molar-refractivity contribution in [3.8, 4) is 34.0 Å². The van der Waals surface area contributed by atoms with Gasteiger partial charge in [0.25, 0.3) is 0 Å². The Kier molecular flexibility index (Phi) is 5.79. The maximum Gasteiger partial charge on any atom is 0.234 e. The Balaban J connectivity index is 1.04. The van der Waals surface area contributed by atoms with Crippen LogP contribution in [0.3, 0.4) is 0 Å². The summed E-state index contributed by atoms with van der Waals surface area (Å²) in [7, 11) is 0. The molecule has 8 heteroatoms. The van der Waals surface area contributed by atoms with E-state index < -0.39 is 0 Å². The number of rotatable bonds is 6. The second kappa shape index (κ2) is 9.72. The molecule has 0 bridgehead atoms. The van der Waals surface area contributed by atoms with E-state index in [2.05, 4.69) is 79.8 Å². The minimum absolute atomic E-state index is 0.393. The fourth-order valence-electron chi connectivity index (χ4n) is 5.27. The summed E-state index contributed by atoms with van der Waals surface area (Å²) in [6.45, 7) is 2.98. The average molecular weight is 502 g/mol. The van der Waals surface area contributed by atoms with Gasteiger partial charge in [0.05, 0.1) is 12.0 Å². The van der Waals surface area contributed by atoms with E-state index in [1.54, 1.807) is 12.5 Å². The smallest absolute Gasteiger partial charge is 0.234 e. The molecule has 1 fully saturated rings. The monoisotopic (exact) mass is 501 g/mol. The number of furan rings is 1. The van der Waals surface area contributed by atoms with Crippen molar-refractivity contribution in [3.05, 3.63) is 103 Å². The number of nitrogens with zero attached hydrogens (tertiary/aromatic N) is 6. The number of aromatic amines is 1. The van der Waals surface area contributed by atoms with Crippen LogP contribution in [0.25, 0.3) is 39.7 Å². The molecule has 7 rings (SSSR count). The van der Waals surface area contributed by atoms with Gasteiger partial charge in [-0.15, -0.1) is 0 Å². The first-order chi connectivity index (χ1) is 18.8. The Hall–Kier alpha value is -4.56. The highest BCUT2D eigenvalue weighted by Gasteiger charge is 2.24. The standard InChI is InChI=1S/C30H27N7O/c1-2-5-22(6-3-1)25-20-37-17-14-31-30(37)32-27(25)23-10-8-21(9-11-23)19-36-15-12-24(13-16-36)28-33-29(35-34-28)26-7-4-18-38-26/h1-11,14,17-18,20,24H,12-13,15-16,19H2,(H,33,34,35). The van der Waals surface area contributed by atoms with Gasteiger partial charge in [-0.05, 0) is 49.2 Å². The number of fused-ring (bicyclic) bond motifs is 1. The van der Waals surface area contributed by atoms with Gasteiger partial charge in [0.2, 0.25) is 11.6 Å². The van der Waals surface area contributed by atoms with E-state index in [4.69, 9.17) is 9.40 Å². The van der Waals surface area contributed by atoms with Crippen LogP contribution in [-0.2, 0) is 6.54 Å². The van der Waals surface area contributed by atoms with Crippen molar-refractivity contribution in [1.82, 2.24) is 34.4 Å². The summed E-state index contributed by atoms with van der Waals surface area (Å²) in [5.41, 5.74) is 5.57. The summed E-state index contributed by atoms with van der Waals surface area (Å²) in [4.78, 5) is 16.5. The van der Waals surface area contributed by atoms with Gasteiger partial charge in [-0.3, -0.25) is 14.4 Å². The number of hydrogen-bond acceptors (Lipinski definition) is 6. The Bertz CT molecular complexity index is 1640. The van der Waals surface area contributed by atoms with Gasteiger partial charge < -0.3 is 4.42 Å². The van der Waals surface area contributed by atoms with E-state index in [0.29, 0.717) is 23.3 Å². The summed E-state index contributed by atoms with van der Waals surface area (Å²) >= 11 is 0. The predicted molar refractivity (Wildman–Crippen MR) is 145 cm³/mol. The highest BCUT2D eigenvalue weighted by Crippen LogP contribution is 2.32. The molecule has 38 heavy (non-hydrogen) atoms. The molecule has 1 saturated heterocycles. The van der Waals surface area contributed by atoms with Gasteiger partial charge in [-0.2, -0.15) is 5.10 Å². The lowest BCUT2D eigenvalue weighted by Gasteiger charge is -2.30. The number of hydrogen-bond donors (Lipinski definition) is 1. The maximum absolute atomic E-state index is 5.42. The molecule has 8 nitrogen and oxygen atoms in total. The third kappa shape index (κ3) is 4.39. The Morgan fingerprint density at radius 3 is 2.53 bits per heavy atom. The number of imidazole rings is 1. The second-order valence-electron chi connectivity index (χ2n) is 9.77. The van der Waals surface area contributed by atoms with Crippen LogP contribution in [0.5, 0.6) is 0 Å². The topological polar surface area (TPSA) is 88.1 Å². The molecular weight excluding hydrogens is 474 g/mol. The SMILES string of the molecule is c1ccc(-c2cn3ccnc3nc2-c2ccc(CN3CCC(c4nc(-c5ccco5)n[nH]4)CC3)cc2)cc1. The number of H-pyrrole nitrogens is 1. The van der Waals surface area contributed by atoms with Gasteiger partial charge in [0.1, 0.15) is 5.82 Å². The largest absolute Gasteiger partial charge is 0.461 e. The normalized spacial score (nSPS) is 14.8. The first-order valence-electron chi connectivity index (χ1n) is 13.0. The van der Waals surface area contributed by atoms with Crippen LogP contribution in [0.1, 0.15) is 30.1 Å². The van der Waals surface area contributed by atoms with E-state index in [-0.39, 0.29) is 0 Å². The molecule has 0 radical (unpaired) electrons. The third-order valence-corrected chi connectivity index (χ3v) is 7.32. The summed E-state index contributed by atoms with van der Waals surface area (Å²) in [6.07, 6.45) is 9.59. The van der Waals surface area contributed by atoms with E-state index in [1.807, 2.05) is 28.8 Å². The molecule has 0 spiro atoms. The zero-order valence-corrected chi connectivity index (χ0v) is 20.9. The van der Waals surface area contributed by atoms with Crippen LogP contribution in [0.2, 0.25) is 0 Å². The van der Waals surface area contributed by atoms with Gasteiger partial charge in [-0.25, -0.2) is 15.0 Å². The molecule has 0 atom stereocenters. The second-order valence-corrected chi connectivity index (χ2v) is 9.77. The molecule has 0 saturated carbocycles. The summed E-state index contributed by atoms with van der Waals surface area (Å²) in [5.74, 6) is 3.38. The lowest BCUT2D eigenvalue weighted by molar-refractivity contribution is 0.202. The molecular formula is C30H27N7O. The zero-order chi connectivity index (χ0) is 25.3. The van der Waals surface area contributed by atoms with Gasteiger partial charge in [0.15, 0.2) is 5.76 Å².